The molecule has 2 heterocycles. The van der Waals surface area contributed by atoms with E-state index in [0.717, 1.165) is 22.9 Å². The van der Waals surface area contributed by atoms with Crippen LogP contribution >= 0.6 is 11.3 Å². The molecule has 0 aliphatic carbocycles. The summed E-state index contributed by atoms with van der Waals surface area (Å²) < 4.78 is 0. The van der Waals surface area contributed by atoms with E-state index in [4.69, 9.17) is 5.11 Å². The zero-order valence-corrected chi connectivity index (χ0v) is 9.22. The standard InChI is InChI=1S/C10H14N2O2S/c13-10(14)5-8-6-12-9(15-8)4-7-2-1-3-11-7/h6-7,11H,1-5H2,(H,13,14). The molecule has 0 saturated carbocycles. The topological polar surface area (TPSA) is 62.2 Å². The lowest BCUT2D eigenvalue weighted by atomic mass is 10.2. The molecular formula is C10H14N2O2S. The summed E-state index contributed by atoms with van der Waals surface area (Å²) in [6, 6.07) is 0.536. The number of carbonyl (C=O) groups is 1. The monoisotopic (exact) mass is 226 g/mol. The molecule has 4 nitrogen and oxygen atoms in total. The van der Waals surface area contributed by atoms with Gasteiger partial charge >= 0.3 is 5.97 Å². The number of nitrogens with zero attached hydrogens (tertiary/aromatic N) is 1. The molecule has 1 aliphatic heterocycles. The first kappa shape index (κ1) is 10.6. The van der Waals surface area contributed by atoms with Crippen LogP contribution in [-0.2, 0) is 17.6 Å². The van der Waals surface area contributed by atoms with Crippen LogP contribution in [0.5, 0.6) is 0 Å². The third kappa shape index (κ3) is 3.00. The van der Waals surface area contributed by atoms with E-state index in [1.54, 1.807) is 6.20 Å². The molecule has 5 heteroatoms. The molecule has 1 aromatic rings. The Morgan fingerprint density at radius 2 is 2.60 bits per heavy atom. The fourth-order valence-electron chi connectivity index (χ4n) is 1.81. The van der Waals surface area contributed by atoms with Crippen molar-refractivity contribution in [2.24, 2.45) is 0 Å². The van der Waals surface area contributed by atoms with Gasteiger partial charge in [0.05, 0.1) is 11.4 Å². The Balaban J connectivity index is 1.91. The van der Waals surface area contributed by atoms with Crippen molar-refractivity contribution < 1.29 is 9.90 Å². The van der Waals surface area contributed by atoms with E-state index in [1.807, 2.05) is 0 Å². The van der Waals surface area contributed by atoms with Crippen molar-refractivity contribution in [3.8, 4) is 0 Å². The quantitative estimate of drug-likeness (QED) is 0.806. The van der Waals surface area contributed by atoms with Crippen molar-refractivity contribution >= 4 is 17.3 Å². The number of carboxylic acid groups (broad SMARTS) is 1. The highest BCUT2D eigenvalue weighted by Gasteiger charge is 2.16. The van der Waals surface area contributed by atoms with Gasteiger partial charge in [0.1, 0.15) is 0 Å². The molecule has 1 unspecified atom stereocenters. The Labute approximate surface area is 92.3 Å². The first-order valence-corrected chi connectivity index (χ1v) is 5.94. The van der Waals surface area contributed by atoms with Gasteiger partial charge in [-0.2, -0.15) is 0 Å². The van der Waals surface area contributed by atoms with E-state index in [-0.39, 0.29) is 6.42 Å². The van der Waals surface area contributed by atoms with Gasteiger partial charge in [-0.1, -0.05) is 0 Å². The van der Waals surface area contributed by atoms with Crippen molar-refractivity contribution in [3.05, 3.63) is 16.1 Å². The largest absolute Gasteiger partial charge is 0.481 e. The molecule has 0 radical (unpaired) electrons. The summed E-state index contributed by atoms with van der Waals surface area (Å²) in [6.07, 6.45) is 5.15. The average molecular weight is 226 g/mol. The molecule has 1 aliphatic rings. The normalized spacial score (nSPS) is 20.7. The lowest BCUT2D eigenvalue weighted by Gasteiger charge is -2.05. The van der Waals surface area contributed by atoms with Crippen LogP contribution in [0.25, 0.3) is 0 Å². The molecule has 15 heavy (non-hydrogen) atoms. The number of hydrogen-bond acceptors (Lipinski definition) is 4. The maximum Gasteiger partial charge on any atom is 0.308 e. The van der Waals surface area contributed by atoms with Gasteiger partial charge < -0.3 is 10.4 Å². The third-order valence-corrected chi connectivity index (χ3v) is 3.53. The smallest absolute Gasteiger partial charge is 0.308 e. The van der Waals surface area contributed by atoms with Gasteiger partial charge in [0, 0.05) is 23.5 Å². The van der Waals surface area contributed by atoms with Crippen molar-refractivity contribution in [1.82, 2.24) is 10.3 Å². The maximum absolute atomic E-state index is 10.5. The van der Waals surface area contributed by atoms with Crippen molar-refractivity contribution in [2.45, 2.75) is 31.7 Å². The highest BCUT2D eigenvalue weighted by atomic mass is 32.1. The van der Waals surface area contributed by atoms with E-state index in [0.29, 0.717) is 6.04 Å². The number of rotatable bonds is 4. The SMILES string of the molecule is O=C(O)Cc1cnc(CC2CCCN2)s1. The van der Waals surface area contributed by atoms with Crippen LogP contribution in [0.15, 0.2) is 6.20 Å². The van der Waals surface area contributed by atoms with Gasteiger partial charge in [-0.25, -0.2) is 4.98 Å². The van der Waals surface area contributed by atoms with Gasteiger partial charge in [-0.15, -0.1) is 11.3 Å². The van der Waals surface area contributed by atoms with Crippen molar-refractivity contribution in [1.29, 1.82) is 0 Å². The van der Waals surface area contributed by atoms with Gasteiger partial charge in [0.15, 0.2) is 0 Å². The molecule has 0 amide bonds. The van der Waals surface area contributed by atoms with E-state index in [1.165, 1.54) is 24.2 Å². The molecule has 1 saturated heterocycles. The molecule has 0 spiro atoms. The Morgan fingerprint density at radius 1 is 1.73 bits per heavy atom. The Bertz CT molecular complexity index is 345. The fraction of sp³-hybridized carbons (Fsp3) is 0.600. The van der Waals surface area contributed by atoms with Crippen LogP contribution in [0.3, 0.4) is 0 Å². The molecule has 2 N–H and O–H groups in total. The van der Waals surface area contributed by atoms with Crippen LogP contribution in [0.1, 0.15) is 22.7 Å². The van der Waals surface area contributed by atoms with Crippen LogP contribution in [0.4, 0.5) is 0 Å². The molecular weight excluding hydrogens is 212 g/mol. The number of nitrogens with one attached hydrogen (secondary N) is 1. The fourth-order valence-corrected chi connectivity index (χ4v) is 2.81. The summed E-state index contributed by atoms with van der Waals surface area (Å²) in [6.45, 7) is 1.10. The second-order valence-electron chi connectivity index (χ2n) is 3.79. The first-order chi connectivity index (χ1) is 7.24. The second-order valence-corrected chi connectivity index (χ2v) is 4.99. The van der Waals surface area contributed by atoms with Gasteiger partial charge in [-0.3, -0.25) is 4.79 Å². The first-order valence-electron chi connectivity index (χ1n) is 5.13. The minimum Gasteiger partial charge on any atom is -0.481 e. The van der Waals surface area contributed by atoms with E-state index < -0.39 is 5.97 Å². The minimum atomic E-state index is -0.788. The van der Waals surface area contributed by atoms with Crippen LogP contribution in [0, 0.1) is 0 Å². The second kappa shape index (κ2) is 4.72. The Morgan fingerprint density at radius 3 is 3.27 bits per heavy atom. The molecule has 0 aromatic carbocycles. The highest BCUT2D eigenvalue weighted by molar-refractivity contribution is 7.11. The van der Waals surface area contributed by atoms with Crippen LogP contribution in [0.2, 0.25) is 0 Å². The number of carboxylic acids is 1. The summed E-state index contributed by atoms with van der Waals surface area (Å²) >= 11 is 1.52. The Hall–Kier alpha value is -0.940. The molecule has 82 valence electrons. The van der Waals surface area contributed by atoms with Crippen molar-refractivity contribution in [3.63, 3.8) is 0 Å². The summed E-state index contributed by atoms with van der Waals surface area (Å²) in [5, 5.41) is 13.1. The molecule has 1 aromatic heterocycles. The van der Waals surface area contributed by atoms with E-state index in [2.05, 4.69) is 10.3 Å². The lowest BCUT2D eigenvalue weighted by molar-refractivity contribution is -0.136. The molecule has 2 rings (SSSR count). The van der Waals surface area contributed by atoms with Gasteiger partial charge in [-0.05, 0) is 19.4 Å². The molecule has 1 fully saturated rings. The van der Waals surface area contributed by atoms with Gasteiger partial charge in [0.2, 0.25) is 0 Å². The average Bonchev–Trinajstić information content (AvgIpc) is 2.77. The minimum absolute atomic E-state index is 0.0930. The van der Waals surface area contributed by atoms with E-state index >= 15 is 0 Å². The van der Waals surface area contributed by atoms with Crippen molar-refractivity contribution in [2.75, 3.05) is 6.54 Å². The van der Waals surface area contributed by atoms with E-state index in [9.17, 15) is 4.79 Å². The summed E-state index contributed by atoms with van der Waals surface area (Å²) in [7, 11) is 0. The number of thiazole rings is 1. The lowest BCUT2D eigenvalue weighted by Crippen LogP contribution is -2.23. The van der Waals surface area contributed by atoms with Crippen LogP contribution in [-0.4, -0.2) is 28.6 Å². The summed E-state index contributed by atoms with van der Waals surface area (Å²) in [5.74, 6) is -0.788. The number of hydrogen-bond donors (Lipinski definition) is 2. The third-order valence-electron chi connectivity index (χ3n) is 2.51. The Kier molecular flexibility index (Phi) is 3.33. The predicted molar refractivity (Wildman–Crippen MR) is 58.2 cm³/mol. The van der Waals surface area contributed by atoms with Gasteiger partial charge in [0.25, 0.3) is 0 Å². The number of aromatic nitrogens is 1. The van der Waals surface area contributed by atoms with Crippen LogP contribution < -0.4 is 5.32 Å². The summed E-state index contributed by atoms with van der Waals surface area (Å²) in [4.78, 5) is 15.6. The molecule has 1 atom stereocenters. The maximum atomic E-state index is 10.5. The zero-order chi connectivity index (χ0) is 10.7. The summed E-state index contributed by atoms with van der Waals surface area (Å²) in [5.41, 5.74) is 0. The highest BCUT2D eigenvalue weighted by Crippen LogP contribution is 2.18. The molecule has 0 bridgehead atoms. The number of aliphatic carboxylic acids is 1. The predicted octanol–water partition coefficient (Wildman–Crippen LogP) is 1.06. The zero-order valence-electron chi connectivity index (χ0n) is 8.40.